The van der Waals surface area contributed by atoms with E-state index in [4.69, 9.17) is 4.74 Å². The van der Waals surface area contributed by atoms with Crippen LogP contribution < -0.4 is 0 Å². The van der Waals surface area contributed by atoms with Gasteiger partial charge in [0.1, 0.15) is 0 Å². The van der Waals surface area contributed by atoms with Gasteiger partial charge in [0.15, 0.2) is 0 Å². The van der Waals surface area contributed by atoms with Crippen LogP contribution in [0, 0.1) is 50.7 Å². The van der Waals surface area contributed by atoms with Crippen molar-refractivity contribution >= 4 is 0 Å². The van der Waals surface area contributed by atoms with Gasteiger partial charge < -0.3 is 4.74 Å². The van der Waals surface area contributed by atoms with Crippen molar-refractivity contribution in [2.75, 3.05) is 13.7 Å². The largest absolute Gasteiger partial charge is 0.384 e. The first-order chi connectivity index (χ1) is 13.6. The Bertz CT molecular complexity index is 653. The molecule has 5 saturated carbocycles. The molecule has 29 heavy (non-hydrogen) atoms. The van der Waals surface area contributed by atoms with Crippen LogP contribution in [-0.4, -0.2) is 13.7 Å². The third-order valence-corrected chi connectivity index (χ3v) is 12.7. The lowest BCUT2D eigenvalue weighted by atomic mass is 9.32. The van der Waals surface area contributed by atoms with Crippen molar-refractivity contribution in [3.05, 3.63) is 0 Å². The lowest BCUT2D eigenvalue weighted by molar-refractivity contribution is -0.236. The normalized spacial score (nSPS) is 56.1. The highest BCUT2D eigenvalue weighted by Crippen LogP contribution is 2.76. The molecule has 0 amide bonds. The fourth-order valence-corrected chi connectivity index (χ4v) is 11.3. The molecule has 0 heterocycles. The van der Waals surface area contributed by atoms with E-state index in [1.807, 2.05) is 7.11 Å². The molecule has 0 aromatic carbocycles. The maximum absolute atomic E-state index is 5.84. The van der Waals surface area contributed by atoms with Crippen molar-refractivity contribution in [3.8, 4) is 0 Å². The summed E-state index contributed by atoms with van der Waals surface area (Å²) in [6.45, 7) is 14.5. The second-order valence-corrected chi connectivity index (χ2v) is 13.8. The van der Waals surface area contributed by atoms with Gasteiger partial charge in [-0.3, -0.25) is 0 Å². The van der Waals surface area contributed by atoms with Crippen molar-refractivity contribution in [1.82, 2.24) is 0 Å². The molecule has 0 aromatic rings. The van der Waals surface area contributed by atoms with Gasteiger partial charge in [0, 0.05) is 7.11 Å². The van der Waals surface area contributed by atoms with Gasteiger partial charge in [-0.25, -0.2) is 0 Å². The first kappa shape index (κ1) is 20.8. The highest BCUT2D eigenvalue weighted by molar-refractivity contribution is 5.18. The summed E-state index contributed by atoms with van der Waals surface area (Å²) in [5.74, 6) is 3.79. The molecule has 8 atom stereocenters. The van der Waals surface area contributed by atoms with Gasteiger partial charge in [-0.05, 0) is 115 Å². The molecule has 0 spiro atoms. The quantitative estimate of drug-likeness (QED) is 0.458. The monoisotopic (exact) mass is 400 g/mol. The first-order valence-corrected chi connectivity index (χ1v) is 13.1. The topological polar surface area (TPSA) is 9.23 Å². The molecular weight excluding hydrogens is 352 g/mol. The van der Waals surface area contributed by atoms with Crippen LogP contribution in [0.25, 0.3) is 0 Å². The Balaban J connectivity index is 1.51. The molecule has 0 radical (unpaired) electrons. The van der Waals surface area contributed by atoms with Crippen LogP contribution in [0.5, 0.6) is 0 Å². The van der Waals surface area contributed by atoms with Crippen molar-refractivity contribution in [3.63, 3.8) is 0 Å². The zero-order valence-electron chi connectivity index (χ0n) is 20.4. The molecule has 5 aliphatic rings. The first-order valence-electron chi connectivity index (χ1n) is 13.1. The molecule has 0 saturated heterocycles. The maximum Gasteiger partial charge on any atom is 0.0521 e. The van der Waals surface area contributed by atoms with Crippen LogP contribution in [0.15, 0.2) is 0 Å². The highest BCUT2D eigenvalue weighted by atomic mass is 16.5. The van der Waals surface area contributed by atoms with Gasteiger partial charge in [-0.2, -0.15) is 0 Å². The SMILES string of the molecule is COCC12CCCC1C1CCC3C4(C)CCCC(C)(C)C4CCC3(C)[C@]1(C)CC2. The predicted molar refractivity (Wildman–Crippen MR) is 122 cm³/mol. The van der Waals surface area contributed by atoms with Gasteiger partial charge >= 0.3 is 0 Å². The summed E-state index contributed by atoms with van der Waals surface area (Å²) in [7, 11) is 1.95. The molecule has 166 valence electrons. The van der Waals surface area contributed by atoms with Crippen LogP contribution in [0.3, 0.4) is 0 Å². The lowest BCUT2D eigenvalue weighted by Gasteiger charge is -2.72. The Hall–Kier alpha value is -0.0400. The second kappa shape index (κ2) is 6.49. The van der Waals surface area contributed by atoms with E-state index in [9.17, 15) is 0 Å². The fourth-order valence-electron chi connectivity index (χ4n) is 11.3. The summed E-state index contributed by atoms with van der Waals surface area (Å²) < 4.78 is 5.84. The van der Waals surface area contributed by atoms with E-state index in [1.54, 1.807) is 0 Å². The number of methoxy groups -OCH3 is 1. The molecule has 5 rings (SSSR count). The van der Waals surface area contributed by atoms with E-state index >= 15 is 0 Å². The summed E-state index contributed by atoms with van der Waals surface area (Å²) in [5.41, 5.74) is 2.77. The number of hydrogen-bond donors (Lipinski definition) is 0. The molecule has 5 fully saturated rings. The van der Waals surface area contributed by atoms with Gasteiger partial charge in [0.05, 0.1) is 6.61 Å². The number of hydrogen-bond acceptors (Lipinski definition) is 1. The van der Waals surface area contributed by atoms with E-state index in [1.165, 1.54) is 77.0 Å². The molecule has 0 aliphatic heterocycles. The van der Waals surface area contributed by atoms with E-state index in [-0.39, 0.29) is 0 Å². The molecule has 1 heteroatoms. The van der Waals surface area contributed by atoms with Crippen molar-refractivity contribution < 1.29 is 4.74 Å². The fraction of sp³-hybridized carbons (Fsp3) is 1.00. The Morgan fingerprint density at radius 1 is 0.655 bits per heavy atom. The summed E-state index contributed by atoms with van der Waals surface area (Å²) in [4.78, 5) is 0. The Morgan fingerprint density at radius 3 is 2.21 bits per heavy atom. The minimum absolute atomic E-state index is 0.524. The van der Waals surface area contributed by atoms with Crippen LogP contribution in [0.2, 0.25) is 0 Å². The van der Waals surface area contributed by atoms with Crippen LogP contribution in [0.4, 0.5) is 0 Å². The Labute approximate surface area is 181 Å². The van der Waals surface area contributed by atoms with E-state index in [2.05, 4.69) is 34.6 Å². The summed E-state index contributed by atoms with van der Waals surface area (Å²) in [5, 5.41) is 0. The van der Waals surface area contributed by atoms with Crippen LogP contribution >= 0.6 is 0 Å². The van der Waals surface area contributed by atoms with E-state index in [0.717, 1.165) is 30.3 Å². The number of ether oxygens (including phenoxy) is 1. The standard InChI is InChI=1S/C28H48O/c1-24(2)13-8-14-25(3)22(24)12-16-27(5)23(25)11-10-20-21-9-7-15-28(21,19-29-6)18-17-26(20,27)4/h20-23H,7-19H2,1-6H3/t20?,21?,22?,23?,25?,26-,27?,28?/m1/s1. The number of fused-ring (bicyclic) bond motifs is 7. The Morgan fingerprint density at radius 2 is 1.45 bits per heavy atom. The number of rotatable bonds is 2. The van der Waals surface area contributed by atoms with Crippen molar-refractivity contribution in [1.29, 1.82) is 0 Å². The Kier molecular flexibility index (Phi) is 4.66. The van der Waals surface area contributed by atoms with Gasteiger partial charge in [-0.15, -0.1) is 0 Å². The van der Waals surface area contributed by atoms with Crippen molar-refractivity contribution in [2.24, 2.45) is 50.7 Å². The maximum atomic E-state index is 5.84. The summed E-state index contributed by atoms with van der Waals surface area (Å²) in [6, 6.07) is 0. The molecule has 1 nitrogen and oxygen atoms in total. The molecule has 5 aliphatic carbocycles. The minimum atomic E-state index is 0.524. The predicted octanol–water partition coefficient (Wildman–Crippen LogP) is 7.88. The molecule has 7 unspecified atom stereocenters. The van der Waals surface area contributed by atoms with Gasteiger partial charge in [0.2, 0.25) is 0 Å². The van der Waals surface area contributed by atoms with Gasteiger partial charge in [-0.1, -0.05) is 47.5 Å². The summed E-state index contributed by atoms with van der Waals surface area (Å²) in [6.07, 6.45) is 17.7. The van der Waals surface area contributed by atoms with Gasteiger partial charge in [0.25, 0.3) is 0 Å². The van der Waals surface area contributed by atoms with E-state index in [0.29, 0.717) is 27.1 Å². The zero-order chi connectivity index (χ0) is 20.7. The minimum Gasteiger partial charge on any atom is -0.384 e. The molecular formula is C28H48O. The third-order valence-electron chi connectivity index (χ3n) is 12.7. The molecule has 0 bridgehead atoms. The average molecular weight is 401 g/mol. The van der Waals surface area contributed by atoms with E-state index < -0.39 is 0 Å². The van der Waals surface area contributed by atoms with Crippen molar-refractivity contribution in [2.45, 2.75) is 112 Å². The van der Waals surface area contributed by atoms with Crippen LogP contribution in [-0.2, 0) is 4.74 Å². The smallest absolute Gasteiger partial charge is 0.0521 e. The third kappa shape index (κ3) is 2.55. The molecule has 0 N–H and O–H groups in total. The lowest BCUT2D eigenvalue weighted by Crippen LogP contribution is -2.65. The second-order valence-electron chi connectivity index (χ2n) is 13.8. The highest BCUT2D eigenvalue weighted by Gasteiger charge is 2.69. The van der Waals surface area contributed by atoms with Crippen LogP contribution in [0.1, 0.15) is 112 Å². The summed E-state index contributed by atoms with van der Waals surface area (Å²) >= 11 is 0. The molecule has 0 aromatic heterocycles. The average Bonchev–Trinajstić information content (AvgIpc) is 3.06. The zero-order valence-corrected chi connectivity index (χ0v) is 20.4.